The van der Waals surface area contributed by atoms with E-state index >= 15 is 0 Å². The first-order chi connectivity index (χ1) is 7.59. The van der Waals surface area contributed by atoms with Crippen molar-refractivity contribution in [2.24, 2.45) is 0 Å². The van der Waals surface area contributed by atoms with Crippen LogP contribution in [0.25, 0.3) is 0 Å². The predicted molar refractivity (Wildman–Crippen MR) is 62.2 cm³/mol. The van der Waals surface area contributed by atoms with E-state index < -0.39 is 5.97 Å². The van der Waals surface area contributed by atoms with Gasteiger partial charge in [-0.05, 0) is 25.0 Å². The standard InChI is InChI=1S/C13H16O3/c1-10(8-13(14)15)9-16-11(2)12-6-4-3-5-7-12/h3-8,11H,9H2,1-2H3,(H,14,15). The molecule has 0 saturated carbocycles. The highest BCUT2D eigenvalue weighted by molar-refractivity contribution is 5.80. The average Bonchev–Trinajstić information content (AvgIpc) is 2.26. The van der Waals surface area contributed by atoms with Crippen LogP contribution in [0.5, 0.6) is 0 Å². The summed E-state index contributed by atoms with van der Waals surface area (Å²) in [5.74, 6) is -0.937. The molecule has 0 fully saturated rings. The van der Waals surface area contributed by atoms with Crippen LogP contribution < -0.4 is 0 Å². The summed E-state index contributed by atoms with van der Waals surface area (Å²) in [6, 6.07) is 9.83. The van der Waals surface area contributed by atoms with Crippen LogP contribution in [-0.4, -0.2) is 17.7 Å². The number of aliphatic carboxylic acids is 1. The fraction of sp³-hybridized carbons (Fsp3) is 0.308. The van der Waals surface area contributed by atoms with Crippen LogP contribution in [-0.2, 0) is 9.53 Å². The lowest BCUT2D eigenvalue weighted by molar-refractivity contribution is -0.131. The van der Waals surface area contributed by atoms with Gasteiger partial charge in [0, 0.05) is 6.08 Å². The largest absolute Gasteiger partial charge is 0.478 e. The molecule has 3 nitrogen and oxygen atoms in total. The molecule has 0 spiro atoms. The molecule has 16 heavy (non-hydrogen) atoms. The third kappa shape index (κ3) is 4.28. The normalized spacial score (nSPS) is 13.5. The third-order valence-electron chi connectivity index (χ3n) is 2.20. The summed E-state index contributed by atoms with van der Waals surface area (Å²) >= 11 is 0. The van der Waals surface area contributed by atoms with Crippen molar-refractivity contribution in [1.82, 2.24) is 0 Å². The van der Waals surface area contributed by atoms with Gasteiger partial charge in [0.25, 0.3) is 0 Å². The third-order valence-corrected chi connectivity index (χ3v) is 2.20. The molecule has 1 unspecified atom stereocenters. The lowest BCUT2D eigenvalue weighted by Gasteiger charge is -2.13. The number of carbonyl (C=O) groups is 1. The molecule has 0 aliphatic carbocycles. The van der Waals surface area contributed by atoms with Gasteiger partial charge >= 0.3 is 5.97 Å². The highest BCUT2D eigenvalue weighted by atomic mass is 16.5. The zero-order valence-corrected chi connectivity index (χ0v) is 9.51. The first-order valence-corrected chi connectivity index (χ1v) is 5.16. The molecule has 1 N–H and O–H groups in total. The summed E-state index contributed by atoms with van der Waals surface area (Å²) < 4.78 is 5.56. The first kappa shape index (κ1) is 12.5. The van der Waals surface area contributed by atoms with Gasteiger partial charge in [0.1, 0.15) is 0 Å². The molecule has 0 amide bonds. The maximum absolute atomic E-state index is 10.4. The summed E-state index contributed by atoms with van der Waals surface area (Å²) in [4.78, 5) is 10.4. The molecular formula is C13H16O3. The molecule has 86 valence electrons. The van der Waals surface area contributed by atoms with Gasteiger partial charge in [-0.1, -0.05) is 30.3 Å². The molecular weight excluding hydrogens is 204 g/mol. The van der Waals surface area contributed by atoms with Gasteiger partial charge in [0.15, 0.2) is 0 Å². The van der Waals surface area contributed by atoms with Crippen LogP contribution in [0.3, 0.4) is 0 Å². The van der Waals surface area contributed by atoms with E-state index in [0.717, 1.165) is 11.6 Å². The van der Waals surface area contributed by atoms with Gasteiger partial charge in [0.05, 0.1) is 12.7 Å². The van der Waals surface area contributed by atoms with Crippen molar-refractivity contribution >= 4 is 5.97 Å². The van der Waals surface area contributed by atoms with Crippen molar-refractivity contribution in [2.75, 3.05) is 6.61 Å². The Bertz CT molecular complexity index is 368. The summed E-state index contributed by atoms with van der Waals surface area (Å²) in [6.07, 6.45) is 1.14. The molecule has 1 rings (SSSR count). The van der Waals surface area contributed by atoms with Crippen LogP contribution >= 0.6 is 0 Å². The fourth-order valence-corrected chi connectivity index (χ4v) is 1.33. The van der Waals surface area contributed by atoms with E-state index in [1.165, 1.54) is 0 Å². The quantitative estimate of drug-likeness (QED) is 0.776. The Morgan fingerprint density at radius 1 is 1.44 bits per heavy atom. The molecule has 1 aromatic rings. The van der Waals surface area contributed by atoms with E-state index in [9.17, 15) is 4.79 Å². The first-order valence-electron chi connectivity index (χ1n) is 5.16. The number of carboxylic acids is 1. The van der Waals surface area contributed by atoms with Crippen molar-refractivity contribution in [1.29, 1.82) is 0 Å². The minimum Gasteiger partial charge on any atom is -0.478 e. The number of rotatable bonds is 5. The second-order valence-electron chi connectivity index (χ2n) is 3.69. The Kier molecular flexibility index (Phi) is 4.73. The summed E-state index contributed by atoms with van der Waals surface area (Å²) in [7, 11) is 0. The van der Waals surface area contributed by atoms with E-state index in [1.54, 1.807) is 6.92 Å². The predicted octanol–water partition coefficient (Wildman–Crippen LogP) is 2.80. The lowest BCUT2D eigenvalue weighted by atomic mass is 10.1. The van der Waals surface area contributed by atoms with Gasteiger partial charge in [-0.25, -0.2) is 4.79 Å². The Labute approximate surface area is 95.4 Å². The minimum atomic E-state index is -0.937. The van der Waals surface area contributed by atoms with Crippen LogP contribution in [0.1, 0.15) is 25.5 Å². The van der Waals surface area contributed by atoms with E-state index in [1.807, 2.05) is 37.3 Å². The highest BCUT2D eigenvalue weighted by Gasteiger charge is 2.05. The monoisotopic (exact) mass is 220 g/mol. The molecule has 0 aromatic heterocycles. The molecule has 0 saturated heterocycles. The van der Waals surface area contributed by atoms with Crippen molar-refractivity contribution < 1.29 is 14.6 Å². The molecule has 0 bridgehead atoms. The van der Waals surface area contributed by atoms with E-state index in [2.05, 4.69) is 0 Å². The molecule has 0 heterocycles. The Morgan fingerprint density at radius 2 is 2.06 bits per heavy atom. The zero-order chi connectivity index (χ0) is 12.0. The SMILES string of the molecule is CC(=CC(=O)O)COC(C)c1ccccc1. The van der Waals surface area contributed by atoms with Crippen molar-refractivity contribution in [2.45, 2.75) is 20.0 Å². The molecule has 1 aromatic carbocycles. The maximum atomic E-state index is 10.4. The minimum absolute atomic E-state index is 0.0293. The fourth-order valence-electron chi connectivity index (χ4n) is 1.33. The van der Waals surface area contributed by atoms with E-state index in [0.29, 0.717) is 12.2 Å². The topological polar surface area (TPSA) is 46.5 Å². The van der Waals surface area contributed by atoms with Crippen LogP contribution in [0.4, 0.5) is 0 Å². The zero-order valence-electron chi connectivity index (χ0n) is 9.51. The summed E-state index contributed by atoms with van der Waals surface area (Å²) in [5.41, 5.74) is 1.79. The number of hydrogen-bond acceptors (Lipinski definition) is 2. The van der Waals surface area contributed by atoms with Crippen molar-refractivity contribution in [3.8, 4) is 0 Å². The van der Waals surface area contributed by atoms with E-state index in [-0.39, 0.29) is 6.10 Å². The Hall–Kier alpha value is -1.61. The van der Waals surface area contributed by atoms with Gasteiger partial charge < -0.3 is 9.84 Å². The maximum Gasteiger partial charge on any atom is 0.328 e. The number of benzene rings is 1. The Balaban J connectivity index is 2.48. The van der Waals surface area contributed by atoms with Gasteiger partial charge in [-0.15, -0.1) is 0 Å². The Morgan fingerprint density at radius 3 is 2.62 bits per heavy atom. The molecule has 0 aliphatic rings. The smallest absolute Gasteiger partial charge is 0.328 e. The summed E-state index contributed by atoms with van der Waals surface area (Å²) in [6.45, 7) is 4.03. The average molecular weight is 220 g/mol. The number of ether oxygens (including phenoxy) is 1. The van der Waals surface area contributed by atoms with Crippen LogP contribution in [0.2, 0.25) is 0 Å². The lowest BCUT2D eigenvalue weighted by Crippen LogP contribution is -2.03. The molecule has 1 atom stereocenters. The molecule has 0 aliphatic heterocycles. The van der Waals surface area contributed by atoms with Gasteiger partial charge in [-0.2, -0.15) is 0 Å². The van der Waals surface area contributed by atoms with Gasteiger partial charge in [-0.3, -0.25) is 0 Å². The van der Waals surface area contributed by atoms with Crippen molar-refractivity contribution in [3.63, 3.8) is 0 Å². The second kappa shape index (κ2) is 6.08. The number of carboxylic acid groups (broad SMARTS) is 1. The number of hydrogen-bond donors (Lipinski definition) is 1. The second-order valence-corrected chi connectivity index (χ2v) is 3.69. The van der Waals surface area contributed by atoms with Crippen molar-refractivity contribution in [3.05, 3.63) is 47.5 Å². The van der Waals surface area contributed by atoms with Gasteiger partial charge in [0.2, 0.25) is 0 Å². The highest BCUT2D eigenvalue weighted by Crippen LogP contribution is 2.16. The molecule has 3 heteroatoms. The molecule has 0 radical (unpaired) electrons. The van der Waals surface area contributed by atoms with E-state index in [4.69, 9.17) is 9.84 Å². The van der Waals surface area contributed by atoms with Crippen LogP contribution in [0, 0.1) is 0 Å². The summed E-state index contributed by atoms with van der Waals surface area (Å²) in [5, 5.41) is 8.53. The van der Waals surface area contributed by atoms with Crippen LogP contribution in [0.15, 0.2) is 42.0 Å².